The van der Waals surface area contributed by atoms with E-state index in [1.54, 1.807) is 19.9 Å². The Morgan fingerprint density at radius 3 is 2.60 bits per heavy atom. The molecule has 0 saturated carbocycles. The maximum atomic E-state index is 11.4. The molecule has 0 fully saturated rings. The van der Waals surface area contributed by atoms with E-state index in [2.05, 4.69) is 10.2 Å². The summed E-state index contributed by atoms with van der Waals surface area (Å²) in [5, 5.41) is 17.1. The number of carbonyl (C=O) groups is 1. The van der Waals surface area contributed by atoms with Crippen molar-refractivity contribution in [2.75, 3.05) is 0 Å². The second-order valence-corrected chi connectivity index (χ2v) is 4.46. The highest BCUT2D eigenvalue weighted by molar-refractivity contribution is 5.92. The second kappa shape index (κ2) is 5.69. The number of aromatic carboxylic acids is 1. The SMILES string of the molecule is CCc1ccccc1Oc1nnc(C)c(C)c1C(=O)O. The first-order chi connectivity index (χ1) is 9.54. The number of benzene rings is 1. The highest BCUT2D eigenvalue weighted by Crippen LogP contribution is 2.28. The van der Waals surface area contributed by atoms with Gasteiger partial charge in [-0.1, -0.05) is 25.1 Å². The summed E-state index contributed by atoms with van der Waals surface area (Å²) in [7, 11) is 0. The molecule has 0 aliphatic heterocycles. The molecule has 2 rings (SSSR count). The normalized spacial score (nSPS) is 10.3. The maximum Gasteiger partial charge on any atom is 0.341 e. The van der Waals surface area contributed by atoms with Crippen LogP contribution >= 0.6 is 0 Å². The van der Waals surface area contributed by atoms with Crippen molar-refractivity contribution < 1.29 is 14.6 Å². The summed E-state index contributed by atoms with van der Waals surface area (Å²) >= 11 is 0. The van der Waals surface area contributed by atoms with Crippen LogP contribution in [0.2, 0.25) is 0 Å². The monoisotopic (exact) mass is 272 g/mol. The van der Waals surface area contributed by atoms with E-state index in [4.69, 9.17) is 4.74 Å². The van der Waals surface area contributed by atoms with Gasteiger partial charge in [-0.05, 0) is 37.5 Å². The summed E-state index contributed by atoms with van der Waals surface area (Å²) in [5.41, 5.74) is 2.20. The number of para-hydroxylation sites is 1. The van der Waals surface area contributed by atoms with Crippen LogP contribution in [0.4, 0.5) is 0 Å². The van der Waals surface area contributed by atoms with Gasteiger partial charge in [-0.15, -0.1) is 5.10 Å². The van der Waals surface area contributed by atoms with Crippen LogP contribution in [0.25, 0.3) is 0 Å². The second-order valence-electron chi connectivity index (χ2n) is 4.46. The van der Waals surface area contributed by atoms with Crippen molar-refractivity contribution in [1.82, 2.24) is 10.2 Å². The van der Waals surface area contributed by atoms with Crippen LogP contribution in [0.5, 0.6) is 11.6 Å². The van der Waals surface area contributed by atoms with E-state index in [1.807, 2.05) is 25.1 Å². The Bertz CT molecular complexity index is 654. The lowest BCUT2D eigenvalue weighted by atomic mass is 10.1. The Morgan fingerprint density at radius 1 is 1.25 bits per heavy atom. The Labute approximate surface area is 117 Å². The van der Waals surface area contributed by atoms with Crippen LogP contribution in [0, 0.1) is 13.8 Å². The van der Waals surface area contributed by atoms with E-state index in [1.165, 1.54) is 0 Å². The van der Waals surface area contributed by atoms with Gasteiger partial charge in [-0.2, -0.15) is 5.10 Å². The van der Waals surface area contributed by atoms with Crippen molar-refractivity contribution >= 4 is 5.97 Å². The van der Waals surface area contributed by atoms with E-state index >= 15 is 0 Å². The van der Waals surface area contributed by atoms with Crippen molar-refractivity contribution in [2.24, 2.45) is 0 Å². The van der Waals surface area contributed by atoms with Gasteiger partial charge in [0.15, 0.2) is 0 Å². The summed E-state index contributed by atoms with van der Waals surface area (Å²) in [5.74, 6) is -0.430. The predicted octanol–water partition coefficient (Wildman–Crippen LogP) is 3.15. The fourth-order valence-electron chi connectivity index (χ4n) is 1.91. The fourth-order valence-corrected chi connectivity index (χ4v) is 1.91. The summed E-state index contributed by atoms with van der Waals surface area (Å²) < 4.78 is 5.67. The lowest BCUT2D eigenvalue weighted by molar-refractivity contribution is 0.0692. The number of carboxylic acids is 1. The van der Waals surface area contributed by atoms with Gasteiger partial charge in [0, 0.05) is 0 Å². The molecule has 0 atom stereocenters. The number of aromatic nitrogens is 2. The first kappa shape index (κ1) is 14.0. The van der Waals surface area contributed by atoms with Gasteiger partial charge in [-0.25, -0.2) is 4.79 Å². The van der Waals surface area contributed by atoms with E-state index < -0.39 is 5.97 Å². The van der Waals surface area contributed by atoms with Crippen LogP contribution in [-0.4, -0.2) is 21.3 Å². The topological polar surface area (TPSA) is 72.3 Å². The molecule has 2 aromatic rings. The molecule has 1 aromatic carbocycles. The van der Waals surface area contributed by atoms with Gasteiger partial charge in [0.1, 0.15) is 11.3 Å². The molecule has 5 heteroatoms. The molecule has 1 aromatic heterocycles. The molecule has 0 spiro atoms. The number of carboxylic acid groups (broad SMARTS) is 1. The van der Waals surface area contributed by atoms with Gasteiger partial charge in [0.25, 0.3) is 5.88 Å². The first-order valence-electron chi connectivity index (χ1n) is 6.37. The number of ether oxygens (including phenoxy) is 1. The Morgan fingerprint density at radius 2 is 1.95 bits per heavy atom. The average molecular weight is 272 g/mol. The summed E-state index contributed by atoms with van der Waals surface area (Å²) in [4.78, 5) is 11.4. The smallest absolute Gasteiger partial charge is 0.341 e. The van der Waals surface area contributed by atoms with E-state index in [0.717, 1.165) is 12.0 Å². The summed E-state index contributed by atoms with van der Waals surface area (Å²) in [6.07, 6.45) is 0.789. The Kier molecular flexibility index (Phi) is 3.98. The molecule has 0 aliphatic carbocycles. The zero-order chi connectivity index (χ0) is 14.7. The molecule has 0 aliphatic rings. The lowest BCUT2D eigenvalue weighted by Crippen LogP contribution is -2.08. The zero-order valence-electron chi connectivity index (χ0n) is 11.7. The average Bonchev–Trinajstić information content (AvgIpc) is 2.43. The summed E-state index contributed by atoms with van der Waals surface area (Å²) in [6.45, 7) is 5.43. The van der Waals surface area contributed by atoms with Gasteiger partial charge >= 0.3 is 5.97 Å². The van der Waals surface area contributed by atoms with Crippen LogP contribution in [0.15, 0.2) is 24.3 Å². The highest BCUT2D eigenvalue weighted by Gasteiger charge is 2.20. The third kappa shape index (κ3) is 2.61. The minimum atomic E-state index is -1.07. The molecular weight excluding hydrogens is 256 g/mol. The molecule has 1 N–H and O–H groups in total. The quantitative estimate of drug-likeness (QED) is 0.925. The first-order valence-corrected chi connectivity index (χ1v) is 6.37. The minimum Gasteiger partial charge on any atom is -0.477 e. The largest absolute Gasteiger partial charge is 0.477 e. The standard InChI is InChI=1S/C15H16N2O3/c1-4-11-7-5-6-8-12(11)20-14-13(15(18)19)9(2)10(3)16-17-14/h5-8H,4H2,1-3H3,(H,18,19). The highest BCUT2D eigenvalue weighted by atomic mass is 16.5. The van der Waals surface area contributed by atoms with Gasteiger partial charge in [-0.3, -0.25) is 0 Å². The molecule has 104 valence electrons. The van der Waals surface area contributed by atoms with Crippen molar-refractivity contribution in [3.8, 4) is 11.6 Å². The van der Waals surface area contributed by atoms with Crippen LogP contribution < -0.4 is 4.74 Å². The van der Waals surface area contributed by atoms with E-state index in [-0.39, 0.29) is 11.4 Å². The molecule has 20 heavy (non-hydrogen) atoms. The molecule has 0 radical (unpaired) electrons. The van der Waals surface area contributed by atoms with Crippen LogP contribution in [0.3, 0.4) is 0 Å². The predicted molar refractivity (Wildman–Crippen MR) is 74.4 cm³/mol. The number of hydrogen-bond acceptors (Lipinski definition) is 4. The lowest BCUT2D eigenvalue weighted by Gasteiger charge is -2.12. The third-order valence-electron chi connectivity index (χ3n) is 3.20. The fraction of sp³-hybridized carbons (Fsp3) is 0.267. The van der Waals surface area contributed by atoms with Crippen LogP contribution in [0.1, 0.15) is 34.1 Å². The van der Waals surface area contributed by atoms with Crippen molar-refractivity contribution in [2.45, 2.75) is 27.2 Å². The number of hydrogen-bond donors (Lipinski definition) is 1. The third-order valence-corrected chi connectivity index (χ3v) is 3.20. The maximum absolute atomic E-state index is 11.4. The zero-order valence-corrected chi connectivity index (χ0v) is 11.7. The van der Waals surface area contributed by atoms with Gasteiger partial charge in [0.2, 0.25) is 0 Å². The molecule has 0 bridgehead atoms. The molecule has 5 nitrogen and oxygen atoms in total. The number of aryl methyl sites for hydroxylation is 2. The van der Waals surface area contributed by atoms with Crippen molar-refractivity contribution in [1.29, 1.82) is 0 Å². The Balaban J connectivity index is 2.49. The molecule has 1 heterocycles. The van der Waals surface area contributed by atoms with Crippen LogP contribution in [-0.2, 0) is 6.42 Å². The van der Waals surface area contributed by atoms with Gasteiger partial charge in [0.05, 0.1) is 5.69 Å². The molecular formula is C15H16N2O3. The molecule has 0 saturated heterocycles. The number of nitrogens with zero attached hydrogens (tertiary/aromatic N) is 2. The van der Waals surface area contributed by atoms with Gasteiger partial charge < -0.3 is 9.84 Å². The van der Waals surface area contributed by atoms with E-state index in [9.17, 15) is 9.90 Å². The van der Waals surface area contributed by atoms with Crippen molar-refractivity contribution in [3.05, 3.63) is 46.6 Å². The minimum absolute atomic E-state index is 0.0292. The Hall–Kier alpha value is -2.43. The molecule has 0 unspecified atom stereocenters. The van der Waals surface area contributed by atoms with E-state index in [0.29, 0.717) is 17.0 Å². The number of rotatable bonds is 4. The summed E-state index contributed by atoms with van der Waals surface area (Å²) in [6, 6.07) is 7.48. The van der Waals surface area contributed by atoms with Crippen molar-refractivity contribution in [3.63, 3.8) is 0 Å². The molecule has 0 amide bonds.